The van der Waals surface area contributed by atoms with E-state index in [1.807, 2.05) is 31.2 Å². The second kappa shape index (κ2) is 8.20. The molecule has 5 heteroatoms. The Bertz CT molecular complexity index is 643. The molecule has 0 saturated carbocycles. The fraction of sp³-hybridized carbons (Fsp3) is 0.333. The lowest BCUT2D eigenvalue weighted by Crippen LogP contribution is -2.21. The summed E-state index contributed by atoms with van der Waals surface area (Å²) in [4.78, 5) is 0. The third kappa shape index (κ3) is 4.61. The maximum atomic E-state index is 10.2. The summed E-state index contributed by atoms with van der Waals surface area (Å²) in [5.41, 5.74) is 3.05. The van der Waals surface area contributed by atoms with Crippen molar-refractivity contribution in [1.82, 2.24) is 5.32 Å². The van der Waals surface area contributed by atoms with Crippen LogP contribution in [0.2, 0.25) is 5.02 Å². The summed E-state index contributed by atoms with van der Waals surface area (Å²) in [6.07, 6.45) is -0.576. The third-order valence-corrected chi connectivity index (χ3v) is 4.00. The molecule has 0 fully saturated rings. The molecule has 0 radical (unpaired) electrons. The van der Waals surface area contributed by atoms with Gasteiger partial charge in [0.2, 0.25) is 0 Å². The number of hydrogen-bond acceptors (Lipinski definition) is 4. The highest BCUT2D eigenvalue weighted by atomic mass is 35.5. The number of aliphatic hydroxyl groups excluding tert-OH is 1. The first-order chi connectivity index (χ1) is 11.0. The number of aliphatic hydroxyl groups is 1. The van der Waals surface area contributed by atoms with Gasteiger partial charge < -0.3 is 19.9 Å². The van der Waals surface area contributed by atoms with Gasteiger partial charge in [-0.15, -0.1) is 0 Å². The molecule has 4 nitrogen and oxygen atoms in total. The maximum absolute atomic E-state index is 10.2. The van der Waals surface area contributed by atoms with Crippen molar-refractivity contribution in [2.24, 2.45) is 0 Å². The zero-order valence-corrected chi connectivity index (χ0v) is 14.4. The van der Waals surface area contributed by atoms with E-state index in [1.165, 1.54) is 0 Å². The minimum atomic E-state index is -0.576. The van der Waals surface area contributed by atoms with Crippen LogP contribution in [0.1, 0.15) is 22.8 Å². The molecule has 2 aromatic carbocycles. The van der Waals surface area contributed by atoms with Gasteiger partial charge in [-0.05, 0) is 47.9 Å². The molecule has 0 aliphatic heterocycles. The average Bonchev–Trinajstić information content (AvgIpc) is 2.56. The van der Waals surface area contributed by atoms with Crippen molar-refractivity contribution >= 4 is 11.6 Å². The second-order valence-corrected chi connectivity index (χ2v) is 5.77. The molecule has 2 rings (SSSR count). The van der Waals surface area contributed by atoms with Crippen LogP contribution in [-0.2, 0) is 6.54 Å². The van der Waals surface area contributed by atoms with Crippen molar-refractivity contribution in [3.8, 4) is 11.5 Å². The lowest BCUT2D eigenvalue weighted by molar-refractivity contribution is 0.174. The van der Waals surface area contributed by atoms with Gasteiger partial charge in [0.15, 0.2) is 11.5 Å². The first-order valence-electron chi connectivity index (χ1n) is 7.41. The van der Waals surface area contributed by atoms with Crippen molar-refractivity contribution in [2.75, 3.05) is 20.8 Å². The van der Waals surface area contributed by atoms with Gasteiger partial charge in [-0.3, -0.25) is 0 Å². The van der Waals surface area contributed by atoms with Gasteiger partial charge in [0.25, 0.3) is 0 Å². The number of nitrogens with one attached hydrogen (secondary N) is 1. The summed E-state index contributed by atoms with van der Waals surface area (Å²) in [6, 6.07) is 11.1. The lowest BCUT2D eigenvalue weighted by Gasteiger charge is -2.15. The Hall–Kier alpha value is -1.75. The monoisotopic (exact) mass is 335 g/mol. The van der Waals surface area contributed by atoms with E-state index in [4.69, 9.17) is 21.1 Å². The zero-order valence-electron chi connectivity index (χ0n) is 13.6. The normalized spacial score (nSPS) is 12.0. The zero-order chi connectivity index (χ0) is 16.8. The Morgan fingerprint density at radius 3 is 2.30 bits per heavy atom. The van der Waals surface area contributed by atoms with E-state index in [9.17, 15) is 5.11 Å². The number of aryl methyl sites for hydroxylation is 1. The van der Waals surface area contributed by atoms with Gasteiger partial charge >= 0.3 is 0 Å². The molecule has 1 unspecified atom stereocenters. The highest BCUT2D eigenvalue weighted by Crippen LogP contribution is 2.30. The Balaban J connectivity index is 1.97. The quantitative estimate of drug-likeness (QED) is 0.813. The van der Waals surface area contributed by atoms with Crippen LogP contribution in [0.15, 0.2) is 36.4 Å². The molecule has 0 aromatic heterocycles. The Labute approximate surface area is 142 Å². The smallest absolute Gasteiger partial charge is 0.161 e. The Morgan fingerprint density at radius 1 is 1.09 bits per heavy atom. The van der Waals surface area contributed by atoms with E-state index < -0.39 is 6.10 Å². The first-order valence-corrected chi connectivity index (χ1v) is 7.78. The predicted octanol–water partition coefficient (Wildman–Crippen LogP) is 3.49. The number of halogens is 1. The van der Waals surface area contributed by atoms with E-state index in [1.54, 1.807) is 26.4 Å². The van der Waals surface area contributed by atoms with Gasteiger partial charge in [0.1, 0.15) is 0 Å². The predicted molar refractivity (Wildman–Crippen MR) is 92.4 cm³/mol. The Morgan fingerprint density at radius 2 is 1.70 bits per heavy atom. The topological polar surface area (TPSA) is 50.7 Å². The summed E-state index contributed by atoms with van der Waals surface area (Å²) in [6.45, 7) is 3.11. The van der Waals surface area contributed by atoms with Gasteiger partial charge in [-0.1, -0.05) is 23.7 Å². The molecule has 23 heavy (non-hydrogen) atoms. The second-order valence-electron chi connectivity index (χ2n) is 5.33. The van der Waals surface area contributed by atoms with Crippen LogP contribution in [0.25, 0.3) is 0 Å². The van der Waals surface area contributed by atoms with E-state index in [-0.39, 0.29) is 0 Å². The fourth-order valence-corrected chi connectivity index (χ4v) is 2.49. The number of benzene rings is 2. The number of hydrogen-bond donors (Lipinski definition) is 2. The van der Waals surface area contributed by atoms with Crippen molar-refractivity contribution in [1.29, 1.82) is 0 Å². The van der Waals surface area contributed by atoms with Crippen LogP contribution >= 0.6 is 11.6 Å². The van der Waals surface area contributed by atoms with Crippen LogP contribution in [-0.4, -0.2) is 25.9 Å². The molecule has 0 aliphatic rings. The SMILES string of the molecule is COc1cc(C)c(CNCC(O)c2ccc(Cl)cc2)cc1OC. The fourth-order valence-electron chi connectivity index (χ4n) is 2.36. The lowest BCUT2D eigenvalue weighted by atomic mass is 10.1. The average molecular weight is 336 g/mol. The molecule has 0 bridgehead atoms. The minimum absolute atomic E-state index is 0.454. The van der Waals surface area contributed by atoms with E-state index in [0.29, 0.717) is 23.9 Å². The van der Waals surface area contributed by atoms with Gasteiger partial charge in [0, 0.05) is 18.1 Å². The third-order valence-electron chi connectivity index (χ3n) is 3.75. The molecule has 0 amide bonds. The van der Waals surface area contributed by atoms with E-state index >= 15 is 0 Å². The van der Waals surface area contributed by atoms with Gasteiger partial charge in [0.05, 0.1) is 20.3 Å². The van der Waals surface area contributed by atoms with E-state index in [2.05, 4.69) is 5.32 Å². The van der Waals surface area contributed by atoms with Crippen molar-refractivity contribution in [3.05, 3.63) is 58.1 Å². The Kier molecular flexibility index (Phi) is 6.28. The molecule has 0 saturated heterocycles. The largest absolute Gasteiger partial charge is 0.493 e. The van der Waals surface area contributed by atoms with Gasteiger partial charge in [-0.25, -0.2) is 0 Å². The standard InChI is InChI=1S/C18H22ClNO3/c1-12-8-17(22-2)18(23-3)9-14(12)10-20-11-16(21)13-4-6-15(19)7-5-13/h4-9,16,20-21H,10-11H2,1-3H3. The van der Waals surface area contributed by atoms with Crippen molar-refractivity contribution in [3.63, 3.8) is 0 Å². The highest BCUT2D eigenvalue weighted by Gasteiger charge is 2.10. The highest BCUT2D eigenvalue weighted by molar-refractivity contribution is 6.30. The van der Waals surface area contributed by atoms with Crippen LogP contribution < -0.4 is 14.8 Å². The molecule has 0 heterocycles. The van der Waals surface area contributed by atoms with Crippen molar-refractivity contribution < 1.29 is 14.6 Å². The van der Waals surface area contributed by atoms with E-state index in [0.717, 1.165) is 22.4 Å². The van der Waals surface area contributed by atoms with Crippen LogP contribution in [0.3, 0.4) is 0 Å². The molecular weight excluding hydrogens is 314 g/mol. The molecule has 0 aliphatic carbocycles. The molecule has 124 valence electrons. The van der Waals surface area contributed by atoms with Crippen LogP contribution in [0, 0.1) is 6.92 Å². The first kappa shape index (κ1) is 17.6. The molecule has 2 N–H and O–H groups in total. The minimum Gasteiger partial charge on any atom is -0.493 e. The maximum Gasteiger partial charge on any atom is 0.161 e. The molecular formula is C18H22ClNO3. The molecule has 1 atom stereocenters. The summed E-state index contributed by atoms with van der Waals surface area (Å²) in [7, 11) is 3.24. The molecule has 2 aromatic rings. The summed E-state index contributed by atoms with van der Waals surface area (Å²) in [5, 5.41) is 14.1. The summed E-state index contributed by atoms with van der Waals surface area (Å²) >= 11 is 5.85. The van der Waals surface area contributed by atoms with Gasteiger partial charge in [-0.2, -0.15) is 0 Å². The number of methoxy groups -OCH3 is 2. The van der Waals surface area contributed by atoms with Crippen LogP contribution in [0.4, 0.5) is 0 Å². The summed E-state index contributed by atoms with van der Waals surface area (Å²) < 4.78 is 10.6. The molecule has 0 spiro atoms. The summed E-state index contributed by atoms with van der Waals surface area (Å²) in [5.74, 6) is 1.42. The van der Waals surface area contributed by atoms with Crippen molar-refractivity contribution in [2.45, 2.75) is 19.6 Å². The number of rotatable bonds is 7. The van der Waals surface area contributed by atoms with Crippen LogP contribution in [0.5, 0.6) is 11.5 Å². The number of ether oxygens (including phenoxy) is 2.